The highest BCUT2D eigenvalue weighted by atomic mass is 35.5. The van der Waals surface area contributed by atoms with Crippen LogP contribution >= 0.6 is 23.2 Å². The zero-order chi connectivity index (χ0) is 14.1. The predicted octanol–water partition coefficient (Wildman–Crippen LogP) is 3.76. The van der Waals surface area contributed by atoms with Crippen LogP contribution in [-0.2, 0) is 6.42 Å². The Bertz CT molecular complexity index is 367. The Hall–Kier alpha value is -0.280. The first-order valence-corrected chi connectivity index (χ1v) is 7.70. The highest BCUT2D eigenvalue weighted by Crippen LogP contribution is 2.22. The molecule has 0 saturated carbocycles. The zero-order valence-electron chi connectivity index (χ0n) is 11.8. The summed E-state index contributed by atoms with van der Waals surface area (Å²) < 4.78 is 0. The topological polar surface area (TPSA) is 24.1 Å². The fourth-order valence-corrected chi connectivity index (χ4v) is 2.10. The second kappa shape index (κ2) is 9.60. The average molecular weight is 303 g/mol. The molecular weight excluding hydrogens is 279 g/mol. The van der Waals surface area contributed by atoms with Crippen LogP contribution in [-0.4, -0.2) is 26.2 Å². The molecule has 1 aromatic carbocycles. The van der Waals surface area contributed by atoms with Crippen molar-refractivity contribution in [2.75, 3.05) is 26.2 Å². The van der Waals surface area contributed by atoms with Crippen molar-refractivity contribution in [1.82, 2.24) is 10.6 Å². The summed E-state index contributed by atoms with van der Waals surface area (Å²) in [5, 5.41) is 8.13. The molecule has 0 aliphatic heterocycles. The summed E-state index contributed by atoms with van der Waals surface area (Å²) >= 11 is 11.9. The van der Waals surface area contributed by atoms with E-state index in [2.05, 4.69) is 24.5 Å². The van der Waals surface area contributed by atoms with Crippen LogP contribution in [0.5, 0.6) is 0 Å². The van der Waals surface area contributed by atoms with Gasteiger partial charge in [-0.3, -0.25) is 0 Å². The molecule has 0 fully saturated rings. The van der Waals surface area contributed by atoms with Crippen molar-refractivity contribution in [3.8, 4) is 0 Å². The Kier molecular flexibility index (Phi) is 8.47. The average Bonchev–Trinajstić information content (AvgIpc) is 2.36. The van der Waals surface area contributed by atoms with Crippen LogP contribution in [0.1, 0.15) is 25.8 Å². The van der Waals surface area contributed by atoms with Gasteiger partial charge in [0.05, 0.1) is 10.0 Å². The molecule has 0 aromatic heterocycles. The number of nitrogens with one attached hydrogen (secondary N) is 2. The summed E-state index contributed by atoms with van der Waals surface area (Å²) in [4.78, 5) is 0. The minimum atomic E-state index is 0.620. The number of rotatable bonds is 9. The fourth-order valence-electron chi connectivity index (χ4n) is 1.78. The van der Waals surface area contributed by atoms with Gasteiger partial charge in [0.15, 0.2) is 0 Å². The molecule has 0 heterocycles. The summed E-state index contributed by atoms with van der Waals surface area (Å²) in [6.07, 6.45) is 2.14. The van der Waals surface area contributed by atoms with Gasteiger partial charge < -0.3 is 10.6 Å². The van der Waals surface area contributed by atoms with Crippen molar-refractivity contribution in [2.24, 2.45) is 5.92 Å². The van der Waals surface area contributed by atoms with Crippen LogP contribution in [0.2, 0.25) is 10.0 Å². The SMILES string of the molecule is CC(C)CNCCCNCCc1ccc(Cl)c(Cl)c1. The molecule has 0 unspecified atom stereocenters. The van der Waals surface area contributed by atoms with E-state index >= 15 is 0 Å². The Morgan fingerprint density at radius 2 is 1.74 bits per heavy atom. The van der Waals surface area contributed by atoms with Crippen molar-refractivity contribution in [1.29, 1.82) is 0 Å². The lowest BCUT2D eigenvalue weighted by atomic mass is 10.1. The maximum Gasteiger partial charge on any atom is 0.0595 e. The summed E-state index contributed by atoms with van der Waals surface area (Å²) in [5.74, 6) is 0.725. The molecule has 0 saturated heterocycles. The van der Waals surface area contributed by atoms with E-state index in [1.807, 2.05) is 18.2 Å². The molecule has 0 aliphatic carbocycles. The van der Waals surface area contributed by atoms with Crippen LogP contribution in [0.3, 0.4) is 0 Å². The van der Waals surface area contributed by atoms with E-state index in [0.717, 1.165) is 44.9 Å². The first-order valence-electron chi connectivity index (χ1n) is 6.95. The largest absolute Gasteiger partial charge is 0.316 e. The molecule has 19 heavy (non-hydrogen) atoms. The van der Waals surface area contributed by atoms with Gasteiger partial charge in [-0.25, -0.2) is 0 Å². The van der Waals surface area contributed by atoms with Gasteiger partial charge in [0.2, 0.25) is 0 Å². The molecular formula is C15H24Cl2N2. The van der Waals surface area contributed by atoms with Gasteiger partial charge in [0, 0.05) is 0 Å². The molecule has 2 N–H and O–H groups in total. The van der Waals surface area contributed by atoms with Crippen molar-refractivity contribution < 1.29 is 0 Å². The third-order valence-corrected chi connectivity index (χ3v) is 3.57. The van der Waals surface area contributed by atoms with Gasteiger partial charge in [-0.15, -0.1) is 0 Å². The van der Waals surface area contributed by atoms with Crippen LogP contribution in [0.25, 0.3) is 0 Å². The molecule has 4 heteroatoms. The lowest BCUT2D eigenvalue weighted by Gasteiger charge is -2.08. The summed E-state index contributed by atoms with van der Waals surface area (Å²) in [5.41, 5.74) is 1.22. The predicted molar refractivity (Wildman–Crippen MR) is 85.4 cm³/mol. The Labute approximate surface area is 126 Å². The van der Waals surface area contributed by atoms with Crippen molar-refractivity contribution in [3.63, 3.8) is 0 Å². The lowest BCUT2D eigenvalue weighted by molar-refractivity contribution is 0.531. The van der Waals surface area contributed by atoms with Gasteiger partial charge in [-0.2, -0.15) is 0 Å². The van der Waals surface area contributed by atoms with E-state index in [4.69, 9.17) is 23.2 Å². The number of benzene rings is 1. The van der Waals surface area contributed by atoms with E-state index in [9.17, 15) is 0 Å². The monoisotopic (exact) mass is 302 g/mol. The fraction of sp³-hybridized carbons (Fsp3) is 0.600. The first kappa shape index (κ1) is 16.8. The van der Waals surface area contributed by atoms with Gasteiger partial charge in [0.25, 0.3) is 0 Å². The molecule has 0 amide bonds. The smallest absolute Gasteiger partial charge is 0.0595 e. The van der Waals surface area contributed by atoms with Crippen LogP contribution in [0, 0.1) is 5.92 Å². The minimum Gasteiger partial charge on any atom is -0.316 e. The number of hydrogen-bond donors (Lipinski definition) is 2. The Balaban J connectivity index is 2.03. The Morgan fingerprint density at radius 1 is 1.00 bits per heavy atom. The zero-order valence-corrected chi connectivity index (χ0v) is 13.3. The van der Waals surface area contributed by atoms with Gasteiger partial charge in [0.1, 0.15) is 0 Å². The molecule has 2 nitrogen and oxygen atoms in total. The third-order valence-electron chi connectivity index (χ3n) is 2.83. The van der Waals surface area contributed by atoms with Crippen molar-refractivity contribution in [2.45, 2.75) is 26.7 Å². The summed E-state index contributed by atoms with van der Waals surface area (Å²) in [6, 6.07) is 5.82. The lowest BCUT2D eigenvalue weighted by Crippen LogP contribution is -2.25. The second-order valence-electron chi connectivity index (χ2n) is 5.20. The molecule has 0 spiro atoms. The maximum atomic E-state index is 5.98. The third kappa shape index (κ3) is 7.78. The van der Waals surface area contributed by atoms with Gasteiger partial charge in [-0.1, -0.05) is 43.1 Å². The molecule has 1 rings (SSSR count). The molecule has 0 bridgehead atoms. The highest BCUT2D eigenvalue weighted by Gasteiger charge is 1.99. The summed E-state index contributed by atoms with van der Waals surface area (Å²) in [7, 11) is 0. The van der Waals surface area contributed by atoms with Crippen LogP contribution in [0.15, 0.2) is 18.2 Å². The van der Waals surface area contributed by atoms with E-state index < -0.39 is 0 Å². The second-order valence-corrected chi connectivity index (χ2v) is 6.01. The van der Waals surface area contributed by atoms with E-state index in [-0.39, 0.29) is 0 Å². The van der Waals surface area contributed by atoms with Crippen LogP contribution < -0.4 is 10.6 Å². The van der Waals surface area contributed by atoms with E-state index in [1.165, 1.54) is 5.56 Å². The van der Waals surface area contributed by atoms with Crippen LogP contribution in [0.4, 0.5) is 0 Å². The van der Waals surface area contributed by atoms with Crippen molar-refractivity contribution >= 4 is 23.2 Å². The molecule has 108 valence electrons. The van der Waals surface area contributed by atoms with E-state index in [0.29, 0.717) is 10.0 Å². The molecule has 0 radical (unpaired) electrons. The molecule has 0 atom stereocenters. The molecule has 1 aromatic rings. The first-order chi connectivity index (χ1) is 9.09. The summed E-state index contributed by atoms with van der Waals surface area (Å²) in [6.45, 7) is 8.65. The van der Waals surface area contributed by atoms with Gasteiger partial charge in [-0.05, 0) is 62.6 Å². The molecule has 0 aliphatic rings. The van der Waals surface area contributed by atoms with E-state index in [1.54, 1.807) is 0 Å². The number of halogens is 2. The van der Waals surface area contributed by atoms with Crippen molar-refractivity contribution in [3.05, 3.63) is 33.8 Å². The number of hydrogen-bond acceptors (Lipinski definition) is 2. The maximum absolute atomic E-state index is 5.98. The minimum absolute atomic E-state index is 0.620. The quantitative estimate of drug-likeness (QED) is 0.679. The Morgan fingerprint density at radius 3 is 2.42 bits per heavy atom. The van der Waals surface area contributed by atoms with Gasteiger partial charge >= 0.3 is 0 Å². The highest BCUT2D eigenvalue weighted by molar-refractivity contribution is 6.42. The normalized spacial score (nSPS) is 11.2. The standard InChI is InChI=1S/C15H24Cl2N2/c1-12(2)11-19-8-3-7-18-9-6-13-4-5-14(16)15(17)10-13/h4-5,10,12,18-19H,3,6-9,11H2,1-2H3.